The Labute approximate surface area is 205 Å². The summed E-state index contributed by atoms with van der Waals surface area (Å²) in [7, 11) is -11.5. The van der Waals surface area contributed by atoms with Gasteiger partial charge < -0.3 is 44.0 Å². The van der Waals surface area contributed by atoms with Gasteiger partial charge in [0.2, 0.25) is 6.79 Å². The van der Waals surface area contributed by atoms with Crippen molar-refractivity contribution in [3.8, 4) is 11.5 Å². The second-order valence-electron chi connectivity index (χ2n) is 8.21. The second-order valence-corrected chi connectivity index (χ2v) is 12.9. The normalized spacial score (nSPS) is 18.9. The highest BCUT2D eigenvalue weighted by Gasteiger charge is 2.37. The van der Waals surface area contributed by atoms with Crippen LogP contribution in [0.5, 0.6) is 11.5 Å². The topological polar surface area (TPSA) is 18.5 Å². The number of halogens is 8. The average molecular weight is 548 g/mol. The summed E-state index contributed by atoms with van der Waals surface area (Å²) >= 11 is 0. The Morgan fingerprint density at radius 1 is 0.629 bits per heavy atom. The third-order valence-corrected chi connectivity index (χ3v) is 8.42. The highest BCUT2D eigenvalue weighted by atomic mass is 32.2. The molecule has 0 aromatic heterocycles. The molecule has 0 fully saturated rings. The second kappa shape index (κ2) is 12.0. The van der Waals surface area contributed by atoms with Crippen LogP contribution >= 0.6 is 0 Å². The molecule has 2 bridgehead atoms. The molecule has 2 aromatic rings. The predicted octanol–water partition coefficient (Wildman–Crippen LogP) is 6.65. The molecule has 0 saturated heterocycles. The van der Waals surface area contributed by atoms with Gasteiger partial charge >= 0.3 is 14.5 Å². The average Bonchev–Trinajstić information content (AvgIpc) is 2.82. The molecule has 35 heavy (non-hydrogen) atoms. The van der Waals surface area contributed by atoms with E-state index in [9.17, 15) is 34.5 Å². The maximum absolute atomic E-state index is 9.75. The van der Waals surface area contributed by atoms with Crippen LogP contribution in [0.15, 0.2) is 36.4 Å². The summed E-state index contributed by atoms with van der Waals surface area (Å²) in [6, 6.07) is 13.4. The summed E-state index contributed by atoms with van der Waals surface area (Å²) < 4.78 is 90.4. The number of rotatable bonds is 2. The molecule has 0 amide bonds. The van der Waals surface area contributed by atoms with E-state index in [1.54, 1.807) is 0 Å². The third-order valence-electron chi connectivity index (χ3n) is 5.30. The Kier molecular flexibility index (Phi) is 10.2. The summed E-state index contributed by atoms with van der Waals surface area (Å²) in [5, 5.41) is 0.951. The van der Waals surface area contributed by atoms with Gasteiger partial charge in [-0.25, -0.2) is 0 Å². The minimum Gasteiger partial charge on any atom is -0.457 e. The van der Waals surface area contributed by atoms with Gasteiger partial charge in [-0.3, -0.25) is 0 Å². The molecule has 2 atom stereocenters. The number of para-hydroxylation sites is 2. The van der Waals surface area contributed by atoms with Gasteiger partial charge in [-0.05, 0) is 21.8 Å². The highest BCUT2D eigenvalue weighted by Crippen LogP contribution is 2.45. The van der Waals surface area contributed by atoms with Gasteiger partial charge in [-0.15, -0.1) is 0 Å². The maximum Gasteiger partial charge on any atom is 0.673 e. The molecule has 2 nitrogen and oxygen atoms in total. The summed E-state index contributed by atoms with van der Waals surface area (Å²) in [4.78, 5) is 0. The van der Waals surface area contributed by atoms with E-state index in [1.165, 1.54) is 22.3 Å². The fourth-order valence-corrected chi connectivity index (χ4v) is 6.41. The molecule has 2 aliphatic rings. The van der Waals surface area contributed by atoms with Gasteiger partial charge in [0.25, 0.3) is 0 Å². The van der Waals surface area contributed by atoms with E-state index in [0.717, 1.165) is 24.3 Å². The summed E-state index contributed by atoms with van der Waals surface area (Å²) in [6.45, 7) is 0.301. The largest absolute Gasteiger partial charge is 0.673 e. The quantitative estimate of drug-likeness (QED) is 0.238. The Hall–Kier alpha value is -1.69. The van der Waals surface area contributed by atoms with Crippen molar-refractivity contribution in [3.05, 3.63) is 58.7 Å². The van der Waals surface area contributed by atoms with Crippen LogP contribution in [0, 0.1) is 0 Å². The first-order valence-corrected chi connectivity index (χ1v) is 14.6. The molecule has 2 aliphatic heterocycles. The van der Waals surface area contributed by atoms with Crippen molar-refractivity contribution in [2.75, 3.05) is 31.8 Å². The first-order valence-electron chi connectivity index (χ1n) is 10.4. The predicted molar refractivity (Wildman–Crippen MR) is 131 cm³/mol. The van der Waals surface area contributed by atoms with E-state index in [0.29, 0.717) is 17.3 Å². The number of benzene rings is 2. The highest BCUT2D eigenvalue weighted by molar-refractivity contribution is 7.96. The van der Waals surface area contributed by atoms with Crippen molar-refractivity contribution < 1.29 is 44.0 Å². The Bertz CT molecular complexity index is 897. The lowest BCUT2D eigenvalue weighted by molar-refractivity contribution is 0.118. The van der Waals surface area contributed by atoms with Crippen molar-refractivity contribution in [1.82, 2.24) is 0 Å². The molecule has 0 spiro atoms. The minimum absolute atomic E-state index is 0.261. The van der Waals surface area contributed by atoms with Gasteiger partial charge in [0.05, 0.1) is 25.0 Å². The van der Waals surface area contributed by atoms with E-state index < -0.39 is 14.5 Å². The zero-order chi connectivity index (χ0) is 26.6. The maximum atomic E-state index is 9.75. The van der Waals surface area contributed by atoms with Crippen molar-refractivity contribution in [3.63, 3.8) is 0 Å². The lowest BCUT2D eigenvalue weighted by Gasteiger charge is -2.23. The van der Waals surface area contributed by atoms with Crippen molar-refractivity contribution in [2.24, 2.45) is 0 Å². The molecular formula is C21H26B2F8O2S2. The third kappa shape index (κ3) is 9.36. The molecule has 0 N–H and O–H groups in total. The number of ether oxygens (including phenoxy) is 2. The van der Waals surface area contributed by atoms with Crippen LogP contribution < -0.4 is 9.47 Å². The monoisotopic (exact) mass is 548 g/mol. The van der Waals surface area contributed by atoms with Crippen LogP contribution in [0.1, 0.15) is 32.8 Å². The molecule has 196 valence electrons. The van der Waals surface area contributed by atoms with E-state index >= 15 is 0 Å². The van der Waals surface area contributed by atoms with Gasteiger partial charge in [0.1, 0.15) is 22.0 Å². The molecule has 2 heterocycles. The lowest BCUT2D eigenvalue weighted by Crippen LogP contribution is -2.19. The van der Waals surface area contributed by atoms with E-state index in [-0.39, 0.29) is 21.8 Å². The standard InChI is InChI=1S/C21H26O2S2.2BF4/c1-24(2)18-11-14-7-6-10-17-19(25(3)4)12-15-8-5-9-16(18)20(15)22-13-23-21(14)17;2*2-1(3,4)5/h5-10,18-19H,11-13H2,1-4H3;;/q+2;2*-1. The number of hydrogen-bond acceptors (Lipinski definition) is 2. The zero-order valence-electron chi connectivity index (χ0n) is 19.6. The van der Waals surface area contributed by atoms with E-state index in [1.807, 2.05) is 0 Å². The Morgan fingerprint density at radius 2 is 0.943 bits per heavy atom. The van der Waals surface area contributed by atoms with Gasteiger partial charge in [0, 0.05) is 35.1 Å². The summed E-state index contributed by atoms with van der Waals surface area (Å²) in [6.07, 6.45) is 11.4. The molecule has 2 aromatic carbocycles. The molecule has 0 saturated carbocycles. The first kappa shape index (κ1) is 29.5. The molecular weight excluding hydrogens is 522 g/mol. The van der Waals surface area contributed by atoms with E-state index in [2.05, 4.69) is 61.4 Å². The van der Waals surface area contributed by atoms with Crippen LogP contribution in [-0.2, 0) is 34.6 Å². The van der Waals surface area contributed by atoms with Gasteiger partial charge in [0.15, 0.2) is 0 Å². The number of hydrogen-bond donors (Lipinski definition) is 0. The molecule has 14 heteroatoms. The first-order chi connectivity index (χ1) is 16.1. The zero-order valence-corrected chi connectivity index (χ0v) is 21.2. The van der Waals surface area contributed by atoms with Crippen LogP contribution in [0.2, 0.25) is 0 Å². The fraction of sp³-hybridized carbons (Fsp3) is 0.429. The summed E-state index contributed by atoms with van der Waals surface area (Å²) in [5.41, 5.74) is 5.40. The fourth-order valence-electron chi connectivity index (χ4n) is 4.00. The van der Waals surface area contributed by atoms with Crippen LogP contribution in [0.3, 0.4) is 0 Å². The minimum atomic E-state index is -6.00. The van der Waals surface area contributed by atoms with E-state index in [4.69, 9.17) is 9.47 Å². The van der Waals surface area contributed by atoms with Crippen LogP contribution in [-0.4, -0.2) is 46.3 Å². The van der Waals surface area contributed by atoms with Gasteiger partial charge in [-0.1, -0.05) is 36.4 Å². The van der Waals surface area contributed by atoms with Crippen molar-refractivity contribution >= 4 is 36.3 Å². The van der Waals surface area contributed by atoms with Crippen molar-refractivity contribution in [2.45, 2.75) is 23.3 Å². The Balaban J connectivity index is 0.000000368. The SMILES string of the molecule is C[S+](C)C1Cc2cccc3c2OCOc2c(cccc21)CC3[S+](C)C.F[B-](F)(F)F.F[B-](F)(F)F. The lowest BCUT2D eigenvalue weighted by atomic mass is 9.92. The Morgan fingerprint density at radius 3 is 1.23 bits per heavy atom. The molecule has 4 rings (SSSR count). The molecule has 0 aliphatic carbocycles. The van der Waals surface area contributed by atoms with Crippen LogP contribution in [0.25, 0.3) is 0 Å². The van der Waals surface area contributed by atoms with Crippen molar-refractivity contribution in [1.29, 1.82) is 0 Å². The van der Waals surface area contributed by atoms with Gasteiger partial charge in [-0.2, -0.15) is 0 Å². The van der Waals surface area contributed by atoms with Crippen LogP contribution in [0.4, 0.5) is 34.5 Å². The molecule has 2 unspecified atom stereocenters. The summed E-state index contributed by atoms with van der Waals surface area (Å²) in [5.74, 6) is 2.16. The number of fused-ring (bicyclic) bond motifs is 2. The molecule has 0 radical (unpaired) electrons. The smallest absolute Gasteiger partial charge is 0.457 e.